The fraction of sp³-hybridized carbons (Fsp3) is 0.182. The Hall–Kier alpha value is -1.77. The predicted octanol–water partition coefficient (Wildman–Crippen LogP) is 2.08. The minimum absolute atomic E-state index is 0.0352. The average Bonchev–Trinajstić information content (AvgIpc) is 2.14. The maximum Gasteiger partial charge on any atom is 0.189 e. The molecule has 0 spiro atoms. The molecule has 0 unspecified atom stereocenters. The van der Waals surface area contributed by atoms with Crippen LogP contribution in [0.2, 0.25) is 0 Å². The molecule has 0 bridgehead atoms. The lowest BCUT2D eigenvalue weighted by atomic mass is 9.99. The van der Waals surface area contributed by atoms with E-state index in [0.717, 1.165) is 6.08 Å². The summed E-state index contributed by atoms with van der Waals surface area (Å²) in [5.74, 6) is -0.481. The number of benzene rings is 1. The fourth-order valence-corrected chi connectivity index (χ4v) is 1.36. The van der Waals surface area contributed by atoms with Crippen molar-refractivity contribution in [1.82, 2.24) is 0 Å². The van der Waals surface area contributed by atoms with Gasteiger partial charge in [0.05, 0.1) is 5.56 Å². The summed E-state index contributed by atoms with van der Waals surface area (Å²) < 4.78 is 0. The molecular formula is C11H12O3. The van der Waals surface area contributed by atoms with Crippen molar-refractivity contribution in [3.8, 4) is 11.5 Å². The molecule has 0 saturated heterocycles. The summed E-state index contributed by atoms with van der Waals surface area (Å²) in [6, 6.07) is 1.36. The molecular weight excluding hydrogens is 180 g/mol. The molecule has 0 amide bonds. The van der Waals surface area contributed by atoms with Crippen LogP contribution in [0, 0.1) is 13.8 Å². The van der Waals surface area contributed by atoms with Crippen LogP contribution in [0.5, 0.6) is 11.5 Å². The van der Waals surface area contributed by atoms with Crippen molar-refractivity contribution in [3.63, 3.8) is 0 Å². The summed E-state index contributed by atoms with van der Waals surface area (Å²) in [5, 5.41) is 19.1. The Labute approximate surface area is 82.3 Å². The Bertz CT molecular complexity index is 405. The molecule has 0 radical (unpaired) electrons. The minimum atomic E-state index is -0.393. The normalized spacial score (nSPS) is 9.86. The molecule has 0 fully saturated rings. The van der Waals surface area contributed by atoms with Crippen molar-refractivity contribution < 1.29 is 15.0 Å². The third-order valence-electron chi connectivity index (χ3n) is 2.14. The van der Waals surface area contributed by atoms with Crippen molar-refractivity contribution in [1.29, 1.82) is 0 Å². The minimum Gasteiger partial charge on any atom is -0.507 e. The first-order valence-corrected chi connectivity index (χ1v) is 4.18. The van der Waals surface area contributed by atoms with Crippen LogP contribution >= 0.6 is 0 Å². The van der Waals surface area contributed by atoms with E-state index in [1.54, 1.807) is 13.8 Å². The van der Waals surface area contributed by atoms with Crippen LogP contribution in [-0.2, 0) is 0 Å². The summed E-state index contributed by atoms with van der Waals surface area (Å²) in [6.07, 6.45) is 1.11. The number of aromatic hydroxyl groups is 2. The lowest BCUT2D eigenvalue weighted by molar-refractivity contribution is 0.104. The Kier molecular flexibility index (Phi) is 2.60. The smallest absolute Gasteiger partial charge is 0.189 e. The number of carbonyl (C=O) groups is 1. The summed E-state index contributed by atoms with van der Waals surface area (Å²) in [5.41, 5.74) is 1.04. The van der Waals surface area contributed by atoms with Gasteiger partial charge in [0, 0.05) is 5.56 Å². The highest BCUT2D eigenvalue weighted by molar-refractivity contribution is 6.07. The fourth-order valence-electron chi connectivity index (χ4n) is 1.36. The lowest BCUT2D eigenvalue weighted by Crippen LogP contribution is -1.99. The van der Waals surface area contributed by atoms with Gasteiger partial charge in [-0.05, 0) is 31.6 Å². The average molecular weight is 192 g/mol. The van der Waals surface area contributed by atoms with E-state index in [1.165, 1.54) is 6.07 Å². The number of hydrogen-bond acceptors (Lipinski definition) is 3. The number of rotatable bonds is 2. The number of phenolic OH excluding ortho intramolecular Hbond substituents is 2. The summed E-state index contributed by atoms with van der Waals surface area (Å²) in [4.78, 5) is 11.3. The Morgan fingerprint density at radius 2 is 2.00 bits per heavy atom. The number of allylic oxidation sites excluding steroid dienone is 1. The summed E-state index contributed by atoms with van der Waals surface area (Å²) in [7, 11) is 0. The molecule has 1 aromatic rings. The van der Waals surface area contributed by atoms with E-state index >= 15 is 0 Å². The molecule has 0 aliphatic carbocycles. The Morgan fingerprint density at radius 3 is 2.50 bits per heavy atom. The zero-order valence-electron chi connectivity index (χ0n) is 8.16. The summed E-state index contributed by atoms with van der Waals surface area (Å²) in [6.45, 7) is 6.57. The van der Waals surface area contributed by atoms with E-state index in [2.05, 4.69) is 6.58 Å². The molecule has 3 nitrogen and oxygen atoms in total. The van der Waals surface area contributed by atoms with Crippen molar-refractivity contribution in [2.45, 2.75) is 13.8 Å². The first-order valence-electron chi connectivity index (χ1n) is 4.18. The molecule has 0 aliphatic rings. The highest BCUT2D eigenvalue weighted by atomic mass is 16.3. The van der Waals surface area contributed by atoms with Gasteiger partial charge in [0.2, 0.25) is 0 Å². The van der Waals surface area contributed by atoms with E-state index in [1.807, 2.05) is 0 Å². The van der Waals surface area contributed by atoms with Crippen LogP contribution in [0.25, 0.3) is 0 Å². The molecule has 0 aromatic heterocycles. The molecule has 2 N–H and O–H groups in total. The van der Waals surface area contributed by atoms with Gasteiger partial charge in [-0.25, -0.2) is 0 Å². The zero-order chi connectivity index (χ0) is 10.9. The van der Waals surface area contributed by atoms with E-state index in [4.69, 9.17) is 0 Å². The molecule has 0 heterocycles. The van der Waals surface area contributed by atoms with Crippen molar-refractivity contribution >= 4 is 5.78 Å². The van der Waals surface area contributed by atoms with Crippen molar-refractivity contribution in [2.75, 3.05) is 0 Å². The summed E-state index contributed by atoms with van der Waals surface area (Å²) >= 11 is 0. The lowest BCUT2D eigenvalue weighted by Gasteiger charge is -2.09. The largest absolute Gasteiger partial charge is 0.507 e. The van der Waals surface area contributed by atoms with Crippen LogP contribution in [0.4, 0.5) is 0 Å². The number of phenols is 2. The predicted molar refractivity (Wildman–Crippen MR) is 53.8 cm³/mol. The SMILES string of the molecule is C=CC(=O)c1c(O)cc(C)c(O)c1C. The van der Waals surface area contributed by atoms with E-state index in [9.17, 15) is 15.0 Å². The number of carbonyl (C=O) groups excluding carboxylic acids is 1. The monoisotopic (exact) mass is 192 g/mol. The highest BCUT2D eigenvalue weighted by Crippen LogP contribution is 2.32. The second kappa shape index (κ2) is 3.54. The van der Waals surface area contributed by atoms with Gasteiger partial charge in [-0.2, -0.15) is 0 Å². The van der Waals surface area contributed by atoms with Crippen molar-refractivity contribution in [2.24, 2.45) is 0 Å². The van der Waals surface area contributed by atoms with Gasteiger partial charge in [0.25, 0.3) is 0 Å². The quantitative estimate of drug-likeness (QED) is 0.428. The van der Waals surface area contributed by atoms with Gasteiger partial charge < -0.3 is 10.2 Å². The van der Waals surface area contributed by atoms with Crippen LogP contribution in [-0.4, -0.2) is 16.0 Å². The van der Waals surface area contributed by atoms with E-state index < -0.39 is 5.78 Å². The molecule has 74 valence electrons. The standard InChI is InChI=1S/C11H12O3/c1-4-8(12)10-7(3)11(14)6(2)5-9(10)13/h4-5,13-14H,1H2,2-3H3. The number of aryl methyl sites for hydroxylation is 1. The van der Waals surface area contributed by atoms with Gasteiger partial charge in [-0.1, -0.05) is 6.58 Å². The van der Waals surface area contributed by atoms with Crippen LogP contribution in [0.3, 0.4) is 0 Å². The van der Waals surface area contributed by atoms with Gasteiger partial charge in [-0.3, -0.25) is 4.79 Å². The second-order valence-corrected chi connectivity index (χ2v) is 3.13. The molecule has 1 rings (SSSR count). The first kappa shape index (κ1) is 10.3. The van der Waals surface area contributed by atoms with E-state index in [0.29, 0.717) is 11.1 Å². The number of hydrogen-bond donors (Lipinski definition) is 2. The maximum absolute atomic E-state index is 11.3. The van der Waals surface area contributed by atoms with Gasteiger partial charge in [0.15, 0.2) is 5.78 Å². The maximum atomic E-state index is 11.3. The molecule has 0 aliphatic heterocycles. The highest BCUT2D eigenvalue weighted by Gasteiger charge is 2.16. The first-order chi connectivity index (χ1) is 6.49. The molecule has 0 saturated carbocycles. The van der Waals surface area contributed by atoms with Crippen LogP contribution < -0.4 is 0 Å². The second-order valence-electron chi connectivity index (χ2n) is 3.13. The molecule has 3 heteroatoms. The van der Waals surface area contributed by atoms with Crippen LogP contribution in [0.15, 0.2) is 18.7 Å². The van der Waals surface area contributed by atoms with Crippen LogP contribution in [0.1, 0.15) is 21.5 Å². The Morgan fingerprint density at radius 1 is 1.43 bits per heavy atom. The third kappa shape index (κ3) is 1.48. The van der Waals surface area contributed by atoms with Gasteiger partial charge in [0.1, 0.15) is 11.5 Å². The van der Waals surface area contributed by atoms with E-state index in [-0.39, 0.29) is 17.1 Å². The van der Waals surface area contributed by atoms with Gasteiger partial charge >= 0.3 is 0 Å². The Balaban J connectivity index is 3.51. The number of ketones is 1. The van der Waals surface area contributed by atoms with Crippen molar-refractivity contribution in [3.05, 3.63) is 35.4 Å². The molecule has 14 heavy (non-hydrogen) atoms. The molecule has 0 atom stereocenters. The third-order valence-corrected chi connectivity index (χ3v) is 2.14. The molecule has 1 aromatic carbocycles. The topological polar surface area (TPSA) is 57.5 Å². The van der Waals surface area contributed by atoms with Gasteiger partial charge in [-0.15, -0.1) is 0 Å². The zero-order valence-corrected chi connectivity index (χ0v) is 8.16.